The number of ether oxygens (including phenoxy) is 1. The average Bonchev–Trinajstić information content (AvgIpc) is 3.00. The number of carboxylic acid groups (broad SMARTS) is 1. The number of cyclic esters (lactones) is 1. The maximum Gasteiger partial charge on any atom is 0.331 e. The summed E-state index contributed by atoms with van der Waals surface area (Å²) in [5, 5.41) is 22.6. The van der Waals surface area contributed by atoms with Gasteiger partial charge in [0, 0.05) is 36.3 Å². The first kappa shape index (κ1) is 41.0. The number of carbonyl (C=O) groups is 5. The first-order chi connectivity index (χ1) is 22.0. The van der Waals surface area contributed by atoms with Crippen LogP contribution in [0.5, 0.6) is 0 Å². The summed E-state index contributed by atoms with van der Waals surface area (Å²) in [5.41, 5.74) is 7.80. The Labute approximate surface area is 279 Å². The minimum atomic E-state index is -1.27. The van der Waals surface area contributed by atoms with Crippen molar-refractivity contribution in [3.8, 4) is 0 Å². The van der Waals surface area contributed by atoms with Crippen molar-refractivity contribution in [2.75, 3.05) is 0 Å². The molecule has 10 nitrogen and oxygen atoms in total. The molecule has 1 rings (SSSR count). The third-order valence-corrected chi connectivity index (χ3v) is 8.16. The molecule has 0 radical (unpaired) electrons. The Morgan fingerprint density at radius 2 is 1.79 bits per heavy atom. The van der Waals surface area contributed by atoms with E-state index in [4.69, 9.17) is 10.5 Å². The van der Waals surface area contributed by atoms with E-state index in [0.717, 1.165) is 24.8 Å². The quantitative estimate of drug-likeness (QED) is 0.0593. The topological polar surface area (TPSA) is 173 Å². The minimum absolute atomic E-state index is 0.0917. The van der Waals surface area contributed by atoms with Crippen LogP contribution in [-0.4, -0.2) is 58.0 Å². The van der Waals surface area contributed by atoms with Crippen molar-refractivity contribution in [2.45, 2.75) is 105 Å². The molecule has 0 bridgehead atoms. The van der Waals surface area contributed by atoms with Gasteiger partial charge in [-0.1, -0.05) is 87.8 Å². The molecule has 1 heterocycles. The van der Waals surface area contributed by atoms with Gasteiger partial charge < -0.3 is 26.0 Å². The zero-order chi connectivity index (χ0) is 35.7. The lowest BCUT2D eigenvalue weighted by molar-refractivity contribution is -0.143. The number of unbranched alkanes of at least 4 members (excludes halogenated alkanes) is 1. The van der Waals surface area contributed by atoms with Crippen LogP contribution >= 0.6 is 0 Å². The molecular weight excluding hydrogens is 600 g/mol. The lowest BCUT2D eigenvalue weighted by Gasteiger charge is -2.26. The Kier molecular flexibility index (Phi) is 18.3. The molecule has 47 heavy (non-hydrogen) atoms. The van der Waals surface area contributed by atoms with Gasteiger partial charge in [0.25, 0.3) is 0 Å². The summed E-state index contributed by atoms with van der Waals surface area (Å²) >= 11 is 0. The van der Waals surface area contributed by atoms with Gasteiger partial charge >= 0.3 is 11.9 Å². The number of carbonyl (C=O) groups excluding carboxylic acids is 4. The highest BCUT2D eigenvalue weighted by Crippen LogP contribution is 2.24. The predicted octanol–water partition coefficient (Wildman–Crippen LogP) is 5.29. The average molecular weight is 655 g/mol. The number of carboxylic acids is 1. The molecule has 7 unspecified atom stereocenters. The molecule has 260 valence electrons. The molecule has 0 aromatic carbocycles. The van der Waals surface area contributed by atoms with Crippen LogP contribution in [0.2, 0.25) is 0 Å². The number of amides is 2. The van der Waals surface area contributed by atoms with Gasteiger partial charge in [0.05, 0.1) is 6.10 Å². The zero-order valence-corrected chi connectivity index (χ0v) is 28.9. The number of aliphatic hydroxyl groups is 1. The van der Waals surface area contributed by atoms with E-state index in [1.165, 1.54) is 17.7 Å². The Balaban J connectivity index is 2.64. The van der Waals surface area contributed by atoms with Crippen molar-refractivity contribution in [2.24, 2.45) is 29.4 Å². The van der Waals surface area contributed by atoms with Crippen molar-refractivity contribution in [1.82, 2.24) is 5.32 Å². The van der Waals surface area contributed by atoms with Gasteiger partial charge in [-0.05, 0) is 57.9 Å². The number of esters is 1. The zero-order valence-electron chi connectivity index (χ0n) is 28.9. The van der Waals surface area contributed by atoms with Gasteiger partial charge in [0.2, 0.25) is 11.8 Å². The first-order valence-corrected chi connectivity index (χ1v) is 16.4. The van der Waals surface area contributed by atoms with Crippen LogP contribution < -0.4 is 11.1 Å². The molecule has 0 saturated heterocycles. The van der Waals surface area contributed by atoms with E-state index in [1.54, 1.807) is 20.8 Å². The number of nitrogens with one attached hydrogen (secondary N) is 1. The van der Waals surface area contributed by atoms with Crippen molar-refractivity contribution in [1.29, 1.82) is 0 Å². The van der Waals surface area contributed by atoms with Gasteiger partial charge in [-0.15, -0.1) is 0 Å². The number of hydrogen-bond donors (Lipinski definition) is 4. The Bertz CT molecular complexity index is 1290. The van der Waals surface area contributed by atoms with Crippen molar-refractivity contribution < 1.29 is 38.9 Å². The summed E-state index contributed by atoms with van der Waals surface area (Å²) < 4.78 is 5.37. The van der Waals surface area contributed by atoms with Crippen molar-refractivity contribution in [3.63, 3.8) is 0 Å². The highest BCUT2D eigenvalue weighted by molar-refractivity contribution is 5.91. The third kappa shape index (κ3) is 15.9. The van der Waals surface area contributed by atoms with E-state index in [2.05, 4.69) is 24.4 Å². The summed E-state index contributed by atoms with van der Waals surface area (Å²) in [4.78, 5) is 59.3. The SMILES string of the molecule is CCC(=C/CC/C=C/C(C)=C/C(C)C(=O)C(C)C(O)C(C)C/C(C)=C/C(=O)NC(CCC(N)=O)C(=O)O)/C=C/C1OC(=O)C=CC1C. The molecule has 0 aliphatic carbocycles. The van der Waals surface area contributed by atoms with E-state index >= 15 is 0 Å². The van der Waals surface area contributed by atoms with Crippen LogP contribution in [0.25, 0.3) is 0 Å². The molecule has 5 N–H and O–H groups in total. The molecule has 1 aliphatic heterocycles. The van der Waals surface area contributed by atoms with Crippen LogP contribution in [0.4, 0.5) is 0 Å². The molecule has 10 heteroatoms. The normalized spacial score (nSPS) is 20.9. The Hall–Kier alpha value is -4.05. The number of primary amides is 1. The molecule has 7 atom stereocenters. The first-order valence-electron chi connectivity index (χ1n) is 16.4. The number of aliphatic carboxylic acids is 1. The second-order valence-electron chi connectivity index (χ2n) is 12.5. The van der Waals surface area contributed by atoms with Gasteiger partial charge in [-0.25, -0.2) is 9.59 Å². The summed E-state index contributed by atoms with van der Waals surface area (Å²) in [6.45, 7) is 13.0. The van der Waals surface area contributed by atoms with Gasteiger partial charge in [0.15, 0.2) is 0 Å². The predicted molar refractivity (Wildman–Crippen MR) is 183 cm³/mol. The number of allylic oxidation sites excluding steroid dienone is 8. The van der Waals surface area contributed by atoms with Gasteiger partial charge in [0.1, 0.15) is 17.9 Å². The molecule has 0 fully saturated rings. The smallest absolute Gasteiger partial charge is 0.331 e. The van der Waals surface area contributed by atoms with Crippen molar-refractivity contribution >= 4 is 29.5 Å². The fourth-order valence-corrected chi connectivity index (χ4v) is 5.29. The highest BCUT2D eigenvalue weighted by Gasteiger charge is 2.29. The second kappa shape index (κ2) is 20.9. The summed E-state index contributed by atoms with van der Waals surface area (Å²) in [6.07, 6.45) is 18.0. The third-order valence-electron chi connectivity index (χ3n) is 8.16. The van der Waals surface area contributed by atoms with Gasteiger partial charge in [-0.2, -0.15) is 0 Å². The fourth-order valence-electron chi connectivity index (χ4n) is 5.29. The Morgan fingerprint density at radius 3 is 2.40 bits per heavy atom. The maximum atomic E-state index is 13.1. The van der Waals surface area contributed by atoms with E-state index < -0.39 is 41.8 Å². The fraction of sp³-hybridized carbons (Fsp3) is 0.541. The monoisotopic (exact) mass is 654 g/mol. The largest absolute Gasteiger partial charge is 0.480 e. The van der Waals surface area contributed by atoms with Crippen LogP contribution in [0.15, 0.2) is 71.4 Å². The van der Waals surface area contributed by atoms with Crippen LogP contribution in [-0.2, 0) is 28.7 Å². The van der Waals surface area contributed by atoms with E-state index in [9.17, 15) is 34.2 Å². The molecule has 1 aliphatic rings. The van der Waals surface area contributed by atoms with E-state index in [0.29, 0.717) is 12.0 Å². The summed E-state index contributed by atoms with van der Waals surface area (Å²) in [5.74, 6) is -4.20. The lowest BCUT2D eigenvalue weighted by atomic mass is 9.83. The van der Waals surface area contributed by atoms with Crippen LogP contribution in [0.1, 0.15) is 87.0 Å². The Morgan fingerprint density at radius 1 is 1.11 bits per heavy atom. The molecule has 0 aromatic rings. The van der Waals surface area contributed by atoms with Crippen LogP contribution in [0, 0.1) is 23.7 Å². The standard InChI is InChI=1S/C37H54N2O8/c1-8-29(15-17-31-25(4)14-19-34(42)47-31)13-11-9-10-12-23(2)20-26(5)35(43)28(7)36(44)27(6)21-24(3)22-33(41)39-30(37(45)46)16-18-32(38)40/h10,12-15,17,19-20,22,25-28,30-31,36,44H,8-9,11,16,18,21H2,1-7H3,(H2,38,40)(H,39,41)(H,45,46)/b12-10+,17-15+,23-20+,24-22+,29-13-. The highest BCUT2D eigenvalue weighted by atomic mass is 16.5. The maximum absolute atomic E-state index is 13.1. The lowest BCUT2D eigenvalue weighted by Crippen LogP contribution is -2.40. The number of hydrogen-bond acceptors (Lipinski definition) is 7. The van der Waals surface area contributed by atoms with Gasteiger partial charge in [-0.3, -0.25) is 14.4 Å². The molecule has 2 amide bonds. The number of aliphatic hydroxyl groups excluding tert-OH is 1. The number of rotatable bonds is 20. The van der Waals surface area contributed by atoms with Crippen molar-refractivity contribution in [3.05, 3.63) is 71.4 Å². The number of ketones is 1. The number of Topliss-reactive ketones (excluding diaryl/α,β-unsaturated/α-hetero) is 1. The van der Waals surface area contributed by atoms with E-state index in [-0.39, 0.29) is 42.5 Å². The molecule has 0 spiro atoms. The molecular formula is C37H54N2O8. The number of nitrogens with two attached hydrogens (primary N) is 1. The molecule has 0 aromatic heterocycles. The minimum Gasteiger partial charge on any atom is -0.480 e. The summed E-state index contributed by atoms with van der Waals surface area (Å²) in [6, 6.07) is -1.25. The van der Waals surface area contributed by atoms with E-state index in [1.807, 2.05) is 51.2 Å². The van der Waals surface area contributed by atoms with Crippen LogP contribution in [0.3, 0.4) is 0 Å². The molecule has 0 saturated carbocycles. The summed E-state index contributed by atoms with van der Waals surface area (Å²) in [7, 11) is 0. The second-order valence-corrected chi connectivity index (χ2v) is 12.5.